The lowest BCUT2D eigenvalue weighted by atomic mass is 9.88. The quantitative estimate of drug-likeness (QED) is 0.788. The fourth-order valence-corrected chi connectivity index (χ4v) is 2.85. The zero-order valence-corrected chi connectivity index (χ0v) is 12.3. The van der Waals surface area contributed by atoms with Crippen LogP contribution in [-0.4, -0.2) is 32.6 Å². The second kappa shape index (κ2) is 4.19. The van der Waals surface area contributed by atoms with Crippen molar-refractivity contribution in [1.29, 1.82) is 0 Å². The van der Waals surface area contributed by atoms with Crippen LogP contribution in [0.3, 0.4) is 0 Å². The van der Waals surface area contributed by atoms with E-state index >= 15 is 0 Å². The van der Waals surface area contributed by atoms with E-state index in [1.165, 1.54) is 18.5 Å². The zero-order chi connectivity index (χ0) is 14.6. The molecule has 4 rings (SSSR count). The molecule has 0 radical (unpaired) electrons. The van der Waals surface area contributed by atoms with Crippen LogP contribution in [0.1, 0.15) is 54.5 Å². The van der Waals surface area contributed by atoms with Crippen molar-refractivity contribution < 1.29 is 4.79 Å². The van der Waals surface area contributed by atoms with Crippen LogP contribution in [0.5, 0.6) is 0 Å². The molecule has 110 valence electrons. The zero-order valence-electron chi connectivity index (χ0n) is 12.3. The van der Waals surface area contributed by atoms with E-state index in [1.807, 2.05) is 6.07 Å². The van der Waals surface area contributed by atoms with Gasteiger partial charge in [-0.1, -0.05) is 13.8 Å². The molecule has 6 heteroatoms. The van der Waals surface area contributed by atoms with E-state index in [-0.39, 0.29) is 11.3 Å². The number of fused-ring (bicyclic) bond motifs is 1. The Balaban J connectivity index is 1.71. The summed E-state index contributed by atoms with van der Waals surface area (Å²) in [6, 6.07) is 2.04. The van der Waals surface area contributed by atoms with E-state index in [2.05, 4.69) is 39.3 Å². The summed E-state index contributed by atoms with van der Waals surface area (Å²) in [5, 5.41) is 10.3. The van der Waals surface area contributed by atoms with Crippen LogP contribution in [0.2, 0.25) is 0 Å². The third-order valence-corrected chi connectivity index (χ3v) is 4.23. The smallest absolute Gasteiger partial charge is 0.271 e. The fourth-order valence-electron chi connectivity index (χ4n) is 2.85. The van der Waals surface area contributed by atoms with Crippen LogP contribution in [0, 0.1) is 5.41 Å². The van der Waals surface area contributed by atoms with Crippen molar-refractivity contribution in [3.05, 3.63) is 23.1 Å². The van der Waals surface area contributed by atoms with Gasteiger partial charge in [0.1, 0.15) is 11.4 Å². The summed E-state index contributed by atoms with van der Waals surface area (Å²) in [5.74, 6) is 1.20. The van der Waals surface area contributed by atoms with Gasteiger partial charge in [-0.2, -0.15) is 5.10 Å². The van der Waals surface area contributed by atoms with Crippen LogP contribution in [0.15, 0.2) is 6.07 Å². The molecule has 3 N–H and O–H groups in total. The summed E-state index contributed by atoms with van der Waals surface area (Å²) in [4.78, 5) is 19.9. The molecule has 1 aliphatic carbocycles. The Morgan fingerprint density at radius 3 is 2.90 bits per heavy atom. The minimum absolute atomic E-state index is 0.0233. The monoisotopic (exact) mass is 285 g/mol. The van der Waals surface area contributed by atoms with Gasteiger partial charge in [-0.3, -0.25) is 9.89 Å². The molecule has 21 heavy (non-hydrogen) atoms. The Morgan fingerprint density at radius 2 is 2.14 bits per heavy atom. The van der Waals surface area contributed by atoms with Crippen molar-refractivity contribution >= 4 is 5.91 Å². The largest absolute Gasteiger partial charge is 0.350 e. The van der Waals surface area contributed by atoms with Gasteiger partial charge >= 0.3 is 0 Å². The van der Waals surface area contributed by atoms with Gasteiger partial charge < -0.3 is 10.3 Å². The molecule has 0 saturated heterocycles. The van der Waals surface area contributed by atoms with Crippen molar-refractivity contribution in [2.24, 2.45) is 5.41 Å². The number of aromatic nitrogens is 4. The number of aromatic amines is 2. The molecule has 1 fully saturated rings. The van der Waals surface area contributed by atoms with Gasteiger partial charge in [0, 0.05) is 23.9 Å². The summed E-state index contributed by atoms with van der Waals surface area (Å²) in [5.41, 5.74) is 3.39. The molecule has 0 spiro atoms. The van der Waals surface area contributed by atoms with Gasteiger partial charge in [0.15, 0.2) is 5.82 Å². The number of carbonyl (C=O) groups is 1. The molecule has 0 aromatic carbocycles. The SMILES string of the molecule is CC1(C)CNC(=O)c2nc(-c3cc(C4CC4)[nH]n3)[nH]c2C1. The van der Waals surface area contributed by atoms with E-state index in [0.29, 0.717) is 24.0 Å². The third kappa shape index (κ3) is 2.24. The van der Waals surface area contributed by atoms with E-state index in [1.54, 1.807) is 0 Å². The molecule has 2 aromatic rings. The molecule has 0 bridgehead atoms. The second-order valence-corrected chi connectivity index (χ2v) is 6.92. The lowest BCUT2D eigenvalue weighted by molar-refractivity contribution is 0.0940. The molecule has 6 nitrogen and oxygen atoms in total. The maximum atomic E-state index is 12.1. The summed E-state index contributed by atoms with van der Waals surface area (Å²) < 4.78 is 0. The van der Waals surface area contributed by atoms with Crippen LogP contribution < -0.4 is 5.32 Å². The first-order chi connectivity index (χ1) is 10.0. The number of carbonyl (C=O) groups excluding carboxylic acids is 1. The Hall–Kier alpha value is -2.11. The highest BCUT2D eigenvalue weighted by molar-refractivity contribution is 5.94. The number of H-pyrrole nitrogens is 2. The van der Waals surface area contributed by atoms with Crippen molar-refractivity contribution in [3.63, 3.8) is 0 Å². The van der Waals surface area contributed by atoms with E-state index in [9.17, 15) is 4.79 Å². The number of hydrogen-bond acceptors (Lipinski definition) is 3. The highest BCUT2D eigenvalue weighted by Gasteiger charge is 2.31. The normalized spacial score (nSPS) is 20.8. The lowest BCUT2D eigenvalue weighted by Gasteiger charge is -2.21. The van der Waals surface area contributed by atoms with E-state index < -0.39 is 0 Å². The maximum absolute atomic E-state index is 12.1. The van der Waals surface area contributed by atoms with E-state index in [4.69, 9.17) is 0 Å². The molecular weight excluding hydrogens is 266 g/mol. The molecule has 1 aliphatic heterocycles. The van der Waals surface area contributed by atoms with Crippen LogP contribution in [0.25, 0.3) is 11.5 Å². The minimum Gasteiger partial charge on any atom is -0.350 e. The second-order valence-electron chi connectivity index (χ2n) is 6.92. The maximum Gasteiger partial charge on any atom is 0.271 e. The summed E-state index contributed by atoms with van der Waals surface area (Å²) >= 11 is 0. The molecule has 1 amide bonds. The van der Waals surface area contributed by atoms with Gasteiger partial charge in [0.25, 0.3) is 5.91 Å². The summed E-state index contributed by atoms with van der Waals surface area (Å²) in [6.45, 7) is 4.95. The summed E-state index contributed by atoms with van der Waals surface area (Å²) in [6.07, 6.45) is 3.26. The van der Waals surface area contributed by atoms with Crippen LogP contribution in [-0.2, 0) is 6.42 Å². The number of nitrogens with zero attached hydrogens (tertiary/aromatic N) is 2. The first kappa shape index (κ1) is 12.6. The van der Waals surface area contributed by atoms with Gasteiger partial charge in [0.2, 0.25) is 0 Å². The van der Waals surface area contributed by atoms with Gasteiger partial charge in [-0.25, -0.2) is 4.98 Å². The van der Waals surface area contributed by atoms with Crippen molar-refractivity contribution in [3.8, 4) is 11.5 Å². The fraction of sp³-hybridized carbons (Fsp3) is 0.533. The number of hydrogen-bond donors (Lipinski definition) is 3. The third-order valence-electron chi connectivity index (χ3n) is 4.23. The van der Waals surface area contributed by atoms with Crippen LogP contribution >= 0.6 is 0 Å². The van der Waals surface area contributed by atoms with Crippen molar-refractivity contribution in [2.45, 2.75) is 39.0 Å². The highest BCUT2D eigenvalue weighted by Crippen LogP contribution is 2.39. The van der Waals surface area contributed by atoms with E-state index in [0.717, 1.165) is 17.8 Å². The minimum atomic E-state index is -0.101. The molecule has 0 unspecified atom stereocenters. The predicted octanol–water partition coefficient (Wildman–Crippen LogP) is 1.99. The molecule has 2 aromatic heterocycles. The Kier molecular flexibility index (Phi) is 2.52. The Bertz CT molecular complexity index is 707. The highest BCUT2D eigenvalue weighted by atomic mass is 16.1. The first-order valence-electron chi connectivity index (χ1n) is 7.45. The van der Waals surface area contributed by atoms with Gasteiger partial charge in [-0.15, -0.1) is 0 Å². The van der Waals surface area contributed by atoms with Gasteiger partial charge in [-0.05, 0) is 30.7 Å². The number of amides is 1. The topological polar surface area (TPSA) is 86.5 Å². The first-order valence-corrected chi connectivity index (χ1v) is 7.45. The number of nitrogens with one attached hydrogen (secondary N) is 3. The van der Waals surface area contributed by atoms with Crippen molar-refractivity contribution in [1.82, 2.24) is 25.5 Å². The van der Waals surface area contributed by atoms with Crippen molar-refractivity contribution in [2.75, 3.05) is 6.54 Å². The van der Waals surface area contributed by atoms with Gasteiger partial charge in [0.05, 0.1) is 0 Å². The molecule has 0 atom stereocenters. The van der Waals surface area contributed by atoms with Crippen LogP contribution in [0.4, 0.5) is 0 Å². The molecule has 3 heterocycles. The molecule has 1 saturated carbocycles. The average molecular weight is 285 g/mol. The average Bonchev–Trinajstić information content (AvgIpc) is 3.04. The Labute approximate surface area is 122 Å². The number of rotatable bonds is 2. The standard InChI is InChI=1S/C15H19N5O/c1-15(2)6-11-12(14(21)16-7-15)18-13(17-11)10-5-9(19-20-10)8-3-4-8/h5,8H,3-4,6-7H2,1-2H3,(H,16,21)(H,17,18)(H,19,20). The predicted molar refractivity (Wildman–Crippen MR) is 78.0 cm³/mol. The molecule has 2 aliphatic rings. The lowest BCUT2D eigenvalue weighted by Crippen LogP contribution is -2.32. The number of imidazole rings is 1. The Morgan fingerprint density at radius 1 is 1.33 bits per heavy atom. The molecular formula is C15H19N5O. The summed E-state index contributed by atoms with van der Waals surface area (Å²) in [7, 11) is 0.